The second kappa shape index (κ2) is 7.00. The minimum absolute atomic E-state index is 0.0774. The van der Waals surface area contributed by atoms with Gasteiger partial charge in [0.25, 0.3) is 11.5 Å². The first-order chi connectivity index (χ1) is 12.0. The van der Waals surface area contributed by atoms with Crippen LogP contribution in [0.2, 0.25) is 0 Å². The number of nitrogens with one attached hydrogen (secondary N) is 3. The van der Waals surface area contributed by atoms with Gasteiger partial charge in [0.1, 0.15) is 5.56 Å². The van der Waals surface area contributed by atoms with Gasteiger partial charge in [0.05, 0.1) is 0 Å². The van der Waals surface area contributed by atoms with Gasteiger partial charge in [-0.05, 0) is 35.2 Å². The average Bonchev–Trinajstić information content (AvgIpc) is 2.60. The van der Waals surface area contributed by atoms with Gasteiger partial charge in [-0.15, -0.1) is 0 Å². The summed E-state index contributed by atoms with van der Waals surface area (Å²) in [5.74, 6) is -0.575. The van der Waals surface area contributed by atoms with Crippen molar-refractivity contribution >= 4 is 28.4 Å². The van der Waals surface area contributed by atoms with E-state index in [0.717, 1.165) is 10.9 Å². The van der Waals surface area contributed by atoms with Crippen LogP contribution in [0.1, 0.15) is 22.8 Å². The molecule has 2 aromatic carbocycles. The molecular weight excluding hydrogens is 318 g/mol. The van der Waals surface area contributed by atoms with Crippen LogP contribution >= 0.6 is 0 Å². The number of hydrogen-bond donors (Lipinski definition) is 3. The van der Waals surface area contributed by atoms with Gasteiger partial charge in [-0.3, -0.25) is 14.4 Å². The Balaban J connectivity index is 1.71. The smallest absolute Gasteiger partial charge is 0.261 e. The molecule has 6 nitrogen and oxygen atoms in total. The standard InChI is InChI=1S/C19H17N3O3/c1-12(23)21-15-8-6-13(7-9-15)11-20-18(24)16-10-14-4-2-3-5-17(14)22-19(16)25/h2-10H,11H2,1H3,(H,20,24)(H,21,23)(H,22,25). The number of aromatic nitrogens is 1. The molecule has 0 aliphatic heterocycles. The Hall–Kier alpha value is -3.41. The maximum absolute atomic E-state index is 12.3. The minimum Gasteiger partial charge on any atom is -0.348 e. The number of pyridine rings is 1. The lowest BCUT2D eigenvalue weighted by molar-refractivity contribution is -0.114. The van der Waals surface area contributed by atoms with E-state index in [1.54, 1.807) is 36.4 Å². The van der Waals surface area contributed by atoms with E-state index in [0.29, 0.717) is 11.2 Å². The van der Waals surface area contributed by atoms with Crippen LogP contribution in [0.25, 0.3) is 10.9 Å². The number of amides is 2. The van der Waals surface area contributed by atoms with Crippen molar-refractivity contribution in [2.45, 2.75) is 13.5 Å². The number of H-pyrrole nitrogens is 1. The van der Waals surface area contributed by atoms with Crippen LogP contribution in [0.3, 0.4) is 0 Å². The van der Waals surface area contributed by atoms with Crippen molar-refractivity contribution in [2.24, 2.45) is 0 Å². The summed E-state index contributed by atoms with van der Waals surface area (Å²) in [5.41, 5.74) is 1.90. The Bertz CT molecular complexity index is 991. The molecule has 6 heteroatoms. The highest BCUT2D eigenvalue weighted by Crippen LogP contribution is 2.11. The van der Waals surface area contributed by atoms with Crippen molar-refractivity contribution in [1.29, 1.82) is 0 Å². The topological polar surface area (TPSA) is 91.1 Å². The van der Waals surface area contributed by atoms with E-state index < -0.39 is 11.5 Å². The molecule has 126 valence electrons. The van der Waals surface area contributed by atoms with Gasteiger partial charge in [-0.2, -0.15) is 0 Å². The van der Waals surface area contributed by atoms with E-state index in [9.17, 15) is 14.4 Å². The van der Waals surface area contributed by atoms with Crippen LogP contribution in [0.4, 0.5) is 5.69 Å². The molecule has 3 N–H and O–H groups in total. The molecule has 0 saturated carbocycles. The molecule has 0 aliphatic rings. The molecule has 0 saturated heterocycles. The number of carbonyl (C=O) groups excluding carboxylic acids is 2. The van der Waals surface area contributed by atoms with Crippen molar-refractivity contribution < 1.29 is 9.59 Å². The van der Waals surface area contributed by atoms with Crippen LogP contribution < -0.4 is 16.2 Å². The van der Waals surface area contributed by atoms with Crippen molar-refractivity contribution in [3.8, 4) is 0 Å². The lowest BCUT2D eigenvalue weighted by Gasteiger charge is -2.07. The Kier molecular flexibility index (Phi) is 4.61. The van der Waals surface area contributed by atoms with Crippen LogP contribution in [-0.4, -0.2) is 16.8 Å². The van der Waals surface area contributed by atoms with E-state index >= 15 is 0 Å². The van der Waals surface area contributed by atoms with Crippen molar-refractivity contribution in [1.82, 2.24) is 10.3 Å². The summed E-state index contributed by atoms with van der Waals surface area (Å²) >= 11 is 0. The average molecular weight is 335 g/mol. The minimum atomic E-state index is -0.432. The number of hydrogen-bond acceptors (Lipinski definition) is 3. The van der Waals surface area contributed by atoms with E-state index in [1.807, 2.05) is 18.2 Å². The Morgan fingerprint density at radius 1 is 1.04 bits per heavy atom. The zero-order chi connectivity index (χ0) is 17.8. The summed E-state index contributed by atoms with van der Waals surface area (Å²) in [7, 11) is 0. The van der Waals surface area contributed by atoms with Crippen molar-refractivity contribution in [2.75, 3.05) is 5.32 Å². The highest BCUT2D eigenvalue weighted by molar-refractivity contribution is 5.97. The fourth-order valence-electron chi connectivity index (χ4n) is 2.50. The van der Waals surface area contributed by atoms with Gasteiger partial charge in [0, 0.05) is 24.7 Å². The van der Waals surface area contributed by atoms with Gasteiger partial charge in [-0.1, -0.05) is 30.3 Å². The van der Waals surface area contributed by atoms with Crippen LogP contribution in [0.15, 0.2) is 59.4 Å². The number of carbonyl (C=O) groups is 2. The third kappa shape index (κ3) is 3.92. The van der Waals surface area contributed by atoms with E-state index in [4.69, 9.17) is 0 Å². The Labute approximate surface area is 143 Å². The number of rotatable bonds is 4. The van der Waals surface area contributed by atoms with E-state index in [-0.39, 0.29) is 18.0 Å². The molecule has 0 bridgehead atoms. The molecule has 1 aromatic heterocycles. The molecule has 1 heterocycles. The van der Waals surface area contributed by atoms with Gasteiger partial charge in [-0.25, -0.2) is 0 Å². The number of benzene rings is 2. The number of anilines is 1. The van der Waals surface area contributed by atoms with Crippen molar-refractivity contribution in [3.05, 3.63) is 76.1 Å². The number of aromatic amines is 1. The molecule has 25 heavy (non-hydrogen) atoms. The molecular formula is C19H17N3O3. The summed E-state index contributed by atoms with van der Waals surface area (Å²) in [6, 6.07) is 16.0. The summed E-state index contributed by atoms with van der Waals surface area (Å²) in [5, 5.41) is 6.21. The lowest BCUT2D eigenvalue weighted by atomic mass is 10.1. The summed E-state index contributed by atoms with van der Waals surface area (Å²) in [6.07, 6.45) is 0. The summed E-state index contributed by atoms with van der Waals surface area (Å²) in [6.45, 7) is 1.72. The first-order valence-corrected chi connectivity index (χ1v) is 7.80. The molecule has 3 aromatic rings. The normalized spacial score (nSPS) is 10.4. The zero-order valence-electron chi connectivity index (χ0n) is 13.6. The monoisotopic (exact) mass is 335 g/mol. The molecule has 3 rings (SSSR count). The Morgan fingerprint density at radius 2 is 1.76 bits per heavy atom. The third-order valence-electron chi connectivity index (χ3n) is 3.73. The Morgan fingerprint density at radius 3 is 2.48 bits per heavy atom. The van der Waals surface area contributed by atoms with Gasteiger partial charge in [0.2, 0.25) is 5.91 Å². The van der Waals surface area contributed by atoms with E-state index in [2.05, 4.69) is 15.6 Å². The highest BCUT2D eigenvalue weighted by Gasteiger charge is 2.11. The third-order valence-corrected chi connectivity index (χ3v) is 3.73. The second-order valence-electron chi connectivity index (χ2n) is 5.66. The highest BCUT2D eigenvalue weighted by atomic mass is 16.2. The molecule has 2 amide bonds. The lowest BCUT2D eigenvalue weighted by Crippen LogP contribution is -2.29. The van der Waals surface area contributed by atoms with Crippen LogP contribution in [-0.2, 0) is 11.3 Å². The fraction of sp³-hybridized carbons (Fsp3) is 0.105. The summed E-state index contributed by atoms with van der Waals surface area (Å²) < 4.78 is 0. The first kappa shape index (κ1) is 16.4. The fourth-order valence-corrected chi connectivity index (χ4v) is 2.50. The van der Waals surface area contributed by atoms with E-state index in [1.165, 1.54) is 6.92 Å². The predicted octanol–water partition coefficient (Wildman–Crippen LogP) is 2.42. The molecule has 0 radical (unpaired) electrons. The van der Waals surface area contributed by atoms with Gasteiger partial charge >= 0.3 is 0 Å². The van der Waals surface area contributed by atoms with Crippen molar-refractivity contribution in [3.63, 3.8) is 0 Å². The molecule has 0 unspecified atom stereocenters. The second-order valence-corrected chi connectivity index (χ2v) is 5.66. The van der Waals surface area contributed by atoms with Gasteiger partial charge in [0.15, 0.2) is 0 Å². The maximum atomic E-state index is 12.3. The maximum Gasteiger partial charge on any atom is 0.261 e. The van der Waals surface area contributed by atoms with Gasteiger partial charge < -0.3 is 15.6 Å². The zero-order valence-corrected chi connectivity index (χ0v) is 13.6. The molecule has 0 atom stereocenters. The van der Waals surface area contributed by atoms with Crippen LogP contribution in [0.5, 0.6) is 0 Å². The number of fused-ring (bicyclic) bond motifs is 1. The molecule has 0 spiro atoms. The SMILES string of the molecule is CC(=O)Nc1ccc(CNC(=O)c2cc3ccccc3[nH]c2=O)cc1. The largest absolute Gasteiger partial charge is 0.348 e. The predicted molar refractivity (Wildman–Crippen MR) is 96.5 cm³/mol. The number of para-hydroxylation sites is 1. The van der Waals surface area contributed by atoms with Crippen LogP contribution in [0, 0.1) is 0 Å². The molecule has 0 fully saturated rings. The quantitative estimate of drug-likeness (QED) is 0.684. The molecule has 0 aliphatic carbocycles. The summed E-state index contributed by atoms with van der Waals surface area (Å²) in [4.78, 5) is 38.1. The first-order valence-electron chi connectivity index (χ1n) is 7.80.